The Morgan fingerprint density at radius 3 is 3.00 bits per heavy atom. The molecule has 2 fully saturated rings. The molecule has 0 N–H and O–H groups in total. The number of morpholine rings is 1. The van der Waals surface area contributed by atoms with E-state index in [-0.39, 0.29) is 29.9 Å². The summed E-state index contributed by atoms with van der Waals surface area (Å²) in [5, 5.41) is 8.81. The fraction of sp³-hybridized carbons (Fsp3) is 0.500. The van der Waals surface area contributed by atoms with Gasteiger partial charge in [0.2, 0.25) is 0 Å². The van der Waals surface area contributed by atoms with Crippen molar-refractivity contribution in [3.63, 3.8) is 0 Å². The normalized spacial score (nSPS) is 21.3. The highest BCUT2D eigenvalue weighted by Crippen LogP contribution is 2.36. The maximum atomic E-state index is 13.3. The molecular weight excluding hydrogens is 287 g/mol. The van der Waals surface area contributed by atoms with Crippen LogP contribution < -0.4 is 4.74 Å². The quantitative estimate of drug-likeness (QED) is 0.849. The summed E-state index contributed by atoms with van der Waals surface area (Å²) in [6.45, 7) is 1.52. The van der Waals surface area contributed by atoms with Crippen molar-refractivity contribution in [3.05, 3.63) is 29.6 Å². The number of carbonyl (C=O) groups is 1. The van der Waals surface area contributed by atoms with Crippen LogP contribution in [-0.4, -0.2) is 43.2 Å². The third-order valence-corrected chi connectivity index (χ3v) is 4.01. The molecule has 1 aliphatic carbocycles. The van der Waals surface area contributed by atoms with Gasteiger partial charge in [-0.1, -0.05) is 0 Å². The number of amides is 1. The molecule has 1 aromatic rings. The largest absolute Gasteiger partial charge is 0.484 e. The van der Waals surface area contributed by atoms with Gasteiger partial charge < -0.3 is 14.4 Å². The lowest BCUT2D eigenvalue weighted by Crippen LogP contribution is -2.51. The fourth-order valence-corrected chi connectivity index (χ4v) is 2.74. The molecule has 1 atom stereocenters. The number of halogens is 1. The second kappa shape index (κ2) is 6.32. The highest BCUT2D eigenvalue weighted by molar-refractivity contribution is 5.78. The summed E-state index contributed by atoms with van der Waals surface area (Å²) in [5.74, 6) is 0.0523. The summed E-state index contributed by atoms with van der Waals surface area (Å²) in [6.07, 6.45) is 2.27. The van der Waals surface area contributed by atoms with E-state index in [1.807, 2.05) is 11.0 Å². The zero-order valence-electron chi connectivity index (χ0n) is 12.1. The molecule has 1 saturated carbocycles. The molecule has 5 nitrogen and oxygen atoms in total. The first-order chi connectivity index (χ1) is 10.7. The van der Waals surface area contributed by atoms with E-state index in [1.165, 1.54) is 12.1 Å². The zero-order valence-corrected chi connectivity index (χ0v) is 12.1. The van der Waals surface area contributed by atoms with E-state index in [2.05, 4.69) is 0 Å². The molecule has 1 saturated heterocycles. The van der Waals surface area contributed by atoms with Crippen molar-refractivity contribution in [2.75, 3.05) is 26.4 Å². The lowest BCUT2D eigenvalue weighted by Gasteiger charge is -2.35. The number of hydrogen-bond donors (Lipinski definition) is 0. The predicted octanol–water partition coefficient (Wildman–Crippen LogP) is 1.71. The van der Waals surface area contributed by atoms with Crippen molar-refractivity contribution in [2.45, 2.75) is 18.9 Å². The molecule has 0 aromatic heterocycles. The van der Waals surface area contributed by atoms with Crippen molar-refractivity contribution in [2.24, 2.45) is 5.92 Å². The number of carbonyl (C=O) groups excluding carboxylic acids is 1. The maximum absolute atomic E-state index is 13.3. The Morgan fingerprint density at radius 1 is 1.45 bits per heavy atom. The third kappa shape index (κ3) is 3.37. The van der Waals surface area contributed by atoms with Crippen molar-refractivity contribution in [1.82, 2.24) is 4.90 Å². The Labute approximate surface area is 128 Å². The summed E-state index contributed by atoms with van der Waals surface area (Å²) in [6, 6.07) is 5.71. The Bertz CT molecular complexity index is 610. The lowest BCUT2D eigenvalue weighted by atomic mass is 10.1. The number of benzene rings is 1. The van der Waals surface area contributed by atoms with E-state index in [0.717, 1.165) is 18.9 Å². The minimum absolute atomic E-state index is 0.122. The molecule has 6 heteroatoms. The fourth-order valence-electron chi connectivity index (χ4n) is 2.74. The third-order valence-electron chi connectivity index (χ3n) is 4.01. The average molecular weight is 304 g/mol. The monoisotopic (exact) mass is 304 g/mol. The molecular formula is C16H17FN2O3. The van der Waals surface area contributed by atoms with Gasteiger partial charge in [-0.3, -0.25) is 4.79 Å². The molecule has 2 aliphatic rings. The van der Waals surface area contributed by atoms with E-state index >= 15 is 0 Å². The molecule has 0 bridgehead atoms. The van der Waals surface area contributed by atoms with Crippen LogP contribution in [0, 0.1) is 23.1 Å². The Balaban J connectivity index is 1.61. The number of ether oxygens (including phenoxy) is 2. The van der Waals surface area contributed by atoms with Crippen molar-refractivity contribution in [3.8, 4) is 11.8 Å². The van der Waals surface area contributed by atoms with Gasteiger partial charge in [0.1, 0.15) is 11.6 Å². The van der Waals surface area contributed by atoms with Gasteiger partial charge in [-0.15, -0.1) is 0 Å². The highest BCUT2D eigenvalue weighted by Gasteiger charge is 2.39. The van der Waals surface area contributed by atoms with Crippen molar-refractivity contribution < 1.29 is 18.7 Å². The van der Waals surface area contributed by atoms with Crippen LogP contribution >= 0.6 is 0 Å². The van der Waals surface area contributed by atoms with Gasteiger partial charge in [0, 0.05) is 12.6 Å². The van der Waals surface area contributed by atoms with E-state index in [9.17, 15) is 9.18 Å². The molecule has 1 aromatic carbocycles. The number of hydrogen-bond acceptors (Lipinski definition) is 4. The smallest absolute Gasteiger partial charge is 0.260 e. The van der Waals surface area contributed by atoms with Crippen LogP contribution in [0.25, 0.3) is 0 Å². The zero-order chi connectivity index (χ0) is 15.5. The summed E-state index contributed by atoms with van der Waals surface area (Å²) >= 11 is 0. The summed E-state index contributed by atoms with van der Waals surface area (Å²) < 4.78 is 24.1. The van der Waals surface area contributed by atoms with Crippen molar-refractivity contribution >= 4 is 5.91 Å². The molecule has 0 spiro atoms. The van der Waals surface area contributed by atoms with Crippen LogP contribution in [0.15, 0.2) is 18.2 Å². The van der Waals surface area contributed by atoms with Crippen molar-refractivity contribution in [1.29, 1.82) is 5.26 Å². The number of nitriles is 1. The van der Waals surface area contributed by atoms with E-state index < -0.39 is 5.82 Å². The average Bonchev–Trinajstić information content (AvgIpc) is 3.37. The molecule has 22 heavy (non-hydrogen) atoms. The van der Waals surface area contributed by atoms with Gasteiger partial charge in [-0.25, -0.2) is 4.39 Å². The molecule has 1 unspecified atom stereocenters. The highest BCUT2D eigenvalue weighted by atomic mass is 19.1. The van der Waals surface area contributed by atoms with Gasteiger partial charge in [0.05, 0.1) is 30.9 Å². The van der Waals surface area contributed by atoms with Gasteiger partial charge in [0.25, 0.3) is 5.91 Å². The van der Waals surface area contributed by atoms with Crippen LogP contribution in [0.3, 0.4) is 0 Å². The summed E-state index contributed by atoms with van der Waals surface area (Å²) in [4.78, 5) is 14.2. The second-order valence-electron chi connectivity index (χ2n) is 5.64. The first kappa shape index (κ1) is 14.8. The molecule has 116 valence electrons. The topological polar surface area (TPSA) is 62.6 Å². The molecule has 1 aliphatic heterocycles. The van der Waals surface area contributed by atoms with Gasteiger partial charge in [-0.2, -0.15) is 5.26 Å². The van der Waals surface area contributed by atoms with Gasteiger partial charge in [-0.05, 0) is 30.9 Å². The van der Waals surface area contributed by atoms with Gasteiger partial charge >= 0.3 is 0 Å². The molecule has 1 heterocycles. The van der Waals surface area contributed by atoms with Crippen LogP contribution in [0.2, 0.25) is 0 Å². The first-order valence-electron chi connectivity index (χ1n) is 7.38. The minimum atomic E-state index is -0.552. The van der Waals surface area contributed by atoms with Gasteiger partial charge in [0.15, 0.2) is 6.61 Å². The summed E-state index contributed by atoms with van der Waals surface area (Å²) in [5.41, 5.74) is 0.171. The SMILES string of the molecule is N#Cc1cc(F)cc(OCC(=O)N2CCOCC2C2CC2)c1. The number of nitrogens with zero attached hydrogens (tertiary/aromatic N) is 2. The molecule has 3 rings (SSSR count). The molecule has 1 amide bonds. The maximum Gasteiger partial charge on any atom is 0.260 e. The predicted molar refractivity (Wildman–Crippen MR) is 75.7 cm³/mol. The Hall–Kier alpha value is -2.13. The van der Waals surface area contributed by atoms with Crippen LogP contribution in [-0.2, 0) is 9.53 Å². The second-order valence-corrected chi connectivity index (χ2v) is 5.64. The minimum Gasteiger partial charge on any atom is -0.484 e. The Kier molecular flexibility index (Phi) is 4.25. The van der Waals surface area contributed by atoms with E-state index in [4.69, 9.17) is 14.7 Å². The van der Waals surface area contributed by atoms with E-state index in [1.54, 1.807) is 0 Å². The van der Waals surface area contributed by atoms with Crippen LogP contribution in [0.1, 0.15) is 18.4 Å². The Morgan fingerprint density at radius 2 is 2.27 bits per heavy atom. The standard InChI is InChI=1S/C16H17FN2O3/c17-13-5-11(8-18)6-14(7-13)22-10-16(20)19-3-4-21-9-15(19)12-1-2-12/h5-7,12,15H,1-4,9-10H2. The number of rotatable bonds is 4. The molecule has 0 radical (unpaired) electrons. The first-order valence-corrected chi connectivity index (χ1v) is 7.38. The summed E-state index contributed by atoms with van der Waals surface area (Å²) in [7, 11) is 0. The lowest BCUT2D eigenvalue weighted by molar-refractivity contribution is -0.142. The van der Waals surface area contributed by atoms with Crippen LogP contribution in [0.4, 0.5) is 4.39 Å². The van der Waals surface area contributed by atoms with Crippen LogP contribution in [0.5, 0.6) is 5.75 Å². The van der Waals surface area contributed by atoms with E-state index in [0.29, 0.717) is 25.7 Å².